The third-order valence-corrected chi connectivity index (χ3v) is 4.74. The van der Waals surface area contributed by atoms with Crippen LogP contribution in [-0.2, 0) is 6.54 Å². The second kappa shape index (κ2) is 8.66. The van der Waals surface area contributed by atoms with Gasteiger partial charge in [0.2, 0.25) is 0 Å². The van der Waals surface area contributed by atoms with Gasteiger partial charge in [0, 0.05) is 12.2 Å². The summed E-state index contributed by atoms with van der Waals surface area (Å²) in [6.45, 7) is 0.288. The Kier molecular flexibility index (Phi) is 5.61. The normalized spacial score (nSPS) is 11.7. The summed E-state index contributed by atoms with van der Waals surface area (Å²) in [5.74, 6) is 1.86. The zero-order valence-corrected chi connectivity index (χ0v) is 17.0. The summed E-state index contributed by atoms with van der Waals surface area (Å²) in [6.07, 6.45) is 0. The molecule has 1 aliphatic heterocycles. The zero-order chi connectivity index (χ0) is 21.8. The van der Waals surface area contributed by atoms with Gasteiger partial charge < -0.3 is 30.2 Å². The Labute approximate surface area is 179 Å². The van der Waals surface area contributed by atoms with Gasteiger partial charge >= 0.3 is 6.03 Å². The lowest BCUT2D eigenvalue weighted by molar-refractivity contribution is 0.102. The molecular formula is C23H21N3O5. The molecule has 0 bridgehead atoms. The van der Waals surface area contributed by atoms with Crippen LogP contribution in [-0.4, -0.2) is 26.2 Å². The smallest absolute Gasteiger partial charge is 0.319 e. The number of carbonyl (C=O) groups excluding carboxylic acids is 2. The maximum absolute atomic E-state index is 12.6. The lowest BCUT2D eigenvalue weighted by Gasteiger charge is -2.12. The zero-order valence-electron chi connectivity index (χ0n) is 17.0. The number of urea groups is 1. The van der Waals surface area contributed by atoms with Crippen LogP contribution in [0.3, 0.4) is 0 Å². The molecule has 158 valence electrons. The van der Waals surface area contributed by atoms with Crippen LogP contribution in [0.2, 0.25) is 0 Å². The van der Waals surface area contributed by atoms with Crippen molar-refractivity contribution in [3.05, 3.63) is 71.8 Å². The summed E-state index contributed by atoms with van der Waals surface area (Å²) < 4.78 is 16.3. The highest BCUT2D eigenvalue weighted by Gasteiger charge is 2.21. The average Bonchev–Trinajstić information content (AvgIpc) is 2.93. The lowest BCUT2D eigenvalue weighted by atomic mass is 10.1. The minimum absolute atomic E-state index is 0.288. The van der Waals surface area contributed by atoms with Gasteiger partial charge in [-0.1, -0.05) is 18.2 Å². The van der Waals surface area contributed by atoms with E-state index in [1.165, 1.54) is 0 Å². The largest absolute Gasteiger partial charge is 0.493 e. The molecule has 1 heterocycles. The van der Waals surface area contributed by atoms with Crippen molar-refractivity contribution in [2.24, 2.45) is 0 Å². The molecular weight excluding hydrogens is 398 g/mol. The summed E-state index contributed by atoms with van der Waals surface area (Å²) in [7, 11) is 3.12. The average molecular weight is 419 g/mol. The fourth-order valence-corrected chi connectivity index (χ4v) is 3.19. The van der Waals surface area contributed by atoms with Gasteiger partial charge in [0.15, 0.2) is 17.2 Å². The number of benzene rings is 3. The Bertz CT molecular complexity index is 1150. The van der Waals surface area contributed by atoms with Crippen molar-refractivity contribution in [2.75, 3.05) is 24.9 Å². The van der Waals surface area contributed by atoms with Crippen LogP contribution in [0.15, 0.2) is 60.7 Å². The highest BCUT2D eigenvalue weighted by atomic mass is 16.5. The highest BCUT2D eigenvalue weighted by Crippen LogP contribution is 2.36. The first-order chi connectivity index (χ1) is 15.1. The minimum Gasteiger partial charge on any atom is -0.493 e. The van der Waals surface area contributed by atoms with Crippen molar-refractivity contribution < 1.29 is 23.8 Å². The number of hydrogen-bond acceptors (Lipinski definition) is 5. The van der Waals surface area contributed by atoms with Crippen LogP contribution < -0.4 is 30.2 Å². The quantitative estimate of drug-likeness (QED) is 0.570. The Hall–Kier alpha value is -4.20. The molecule has 3 aromatic rings. The number of para-hydroxylation sites is 2. The molecule has 31 heavy (non-hydrogen) atoms. The van der Waals surface area contributed by atoms with Gasteiger partial charge in [0.05, 0.1) is 25.5 Å². The first-order valence-electron chi connectivity index (χ1n) is 9.55. The number of rotatable bonds is 5. The molecule has 0 radical (unpaired) electrons. The number of hydrogen-bond donors (Lipinski definition) is 3. The monoisotopic (exact) mass is 419 g/mol. The van der Waals surface area contributed by atoms with Crippen LogP contribution in [0.25, 0.3) is 0 Å². The van der Waals surface area contributed by atoms with E-state index < -0.39 is 6.03 Å². The number of carbonyl (C=O) groups is 2. The molecule has 0 aromatic heterocycles. The van der Waals surface area contributed by atoms with Gasteiger partial charge in [0.1, 0.15) is 5.75 Å². The molecule has 0 fully saturated rings. The van der Waals surface area contributed by atoms with Crippen molar-refractivity contribution in [3.8, 4) is 23.0 Å². The number of methoxy groups -OCH3 is 2. The van der Waals surface area contributed by atoms with E-state index in [1.54, 1.807) is 56.7 Å². The fraction of sp³-hybridized carbons (Fsp3) is 0.130. The SMILES string of the molecule is COc1ccc(CNC(=O)Nc2ccc3c(c2)C(=O)Nc2ccccc2O3)cc1OC. The number of anilines is 2. The highest BCUT2D eigenvalue weighted by molar-refractivity contribution is 6.08. The van der Waals surface area contributed by atoms with Crippen molar-refractivity contribution in [1.82, 2.24) is 5.32 Å². The molecule has 0 atom stereocenters. The number of nitrogens with one attached hydrogen (secondary N) is 3. The van der Waals surface area contributed by atoms with Gasteiger partial charge in [-0.25, -0.2) is 4.79 Å². The molecule has 0 spiro atoms. The summed E-state index contributed by atoms with van der Waals surface area (Å²) in [5.41, 5.74) is 2.23. The van der Waals surface area contributed by atoms with Crippen LogP contribution in [0.1, 0.15) is 15.9 Å². The van der Waals surface area contributed by atoms with Gasteiger partial charge in [-0.2, -0.15) is 0 Å². The number of fused-ring (bicyclic) bond motifs is 2. The molecule has 8 nitrogen and oxygen atoms in total. The van der Waals surface area contributed by atoms with Crippen LogP contribution in [0.5, 0.6) is 23.0 Å². The predicted octanol–water partition coefficient (Wildman–Crippen LogP) is 4.38. The van der Waals surface area contributed by atoms with Crippen molar-refractivity contribution in [1.29, 1.82) is 0 Å². The number of ether oxygens (including phenoxy) is 3. The molecule has 1 aliphatic rings. The molecule has 3 amide bonds. The van der Waals surface area contributed by atoms with E-state index in [9.17, 15) is 9.59 Å². The predicted molar refractivity (Wildman–Crippen MR) is 116 cm³/mol. The topological polar surface area (TPSA) is 97.9 Å². The van der Waals surface area contributed by atoms with E-state index in [1.807, 2.05) is 18.2 Å². The van der Waals surface area contributed by atoms with Crippen molar-refractivity contribution >= 4 is 23.3 Å². The van der Waals surface area contributed by atoms with E-state index in [0.29, 0.717) is 39.9 Å². The van der Waals surface area contributed by atoms with E-state index in [0.717, 1.165) is 5.56 Å². The molecule has 3 N–H and O–H groups in total. The first kappa shape index (κ1) is 20.1. The van der Waals surface area contributed by atoms with E-state index in [-0.39, 0.29) is 12.5 Å². The third kappa shape index (κ3) is 4.37. The van der Waals surface area contributed by atoms with Crippen LogP contribution in [0, 0.1) is 0 Å². The van der Waals surface area contributed by atoms with Crippen molar-refractivity contribution in [3.63, 3.8) is 0 Å². The lowest BCUT2D eigenvalue weighted by Crippen LogP contribution is -2.28. The molecule has 0 saturated carbocycles. The van der Waals surface area contributed by atoms with Gasteiger partial charge in [-0.3, -0.25) is 4.79 Å². The second-order valence-corrected chi connectivity index (χ2v) is 6.76. The summed E-state index contributed by atoms with van der Waals surface area (Å²) in [5, 5.41) is 8.32. The summed E-state index contributed by atoms with van der Waals surface area (Å²) >= 11 is 0. The van der Waals surface area contributed by atoms with Gasteiger partial charge in [-0.05, 0) is 48.0 Å². The molecule has 4 rings (SSSR count). The summed E-state index contributed by atoms with van der Waals surface area (Å²) in [4.78, 5) is 24.9. The van der Waals surface area contributed by atoms with Crippen LogP contribution >= 0.6 is 0 Å². The molecule has 0 aliphatic carbocycles. The number of amides is 3. The second-order valence-electron chi connectivity index (χ2n) is 6.76. The molecule has 0 unspecified atom stereocenters. The Morgan fingerprint density at radius 2 is 1.77 bits per heavy atom. The maximum atomic E-state index is 12.6. The van der Waals surface area contributed by atoms with Crippen LogP contribution in [0.4, 0.5) is 16.2 Å². The minimum atomic E-state index is -0.409. The van der Waals surface area contributed by atoms with Gasteiger partial charge in [0.25, 0.3) is 5.91 Å². The third-order valence-electron chi connectivity index (χ3n) is 4.74. The molecule has 0 saturated heterocycles. The Morgan fingerprint density at radius 3 is 2.58 bits per heavy atom. The Morgan fingerprint density at radius 1 is 0.968 bits per heavy atom. The Balaban J connectivity index is 1.43. The first-order valence-corrected chi connectivity index (χ1v) is 9.55. The van der Waals surface area contributed by atoms with E-state index >= 15 is 0 Å². The standard InChI is InChI=1S/C23H21N3O5/c1-29-20-9-7-14(11-21(20)30-2)13-24-23(28)25-15-8-10-18-16(12-15)22(27)26-17-5-3-4-6-19(17)31-18/h3-12H,13H2,1-2H3,(H,26,27)(H2,24,25,28). The van der Waals surface area contributed by atoms with Crippen molar-refractivity contribution in [2.45, 2.75) is 6.54 Å². The summed E-state index contributed by atoms with van der Waals surface area (Å²) in [6, 6.07) is 17.1. The molecule has 3 aromatic carbocycles. The molecule has 8 heteroatoms. The maximum Gasteiger partial charge on any atom is 0.319 e. The fourth-order valence-electron chi connectivity index (χ4n) is 3.19. The van der Waals surface area contributed by atoms with E-state index in [4.69, 9.17) is 14.2 Å². The van der Waals surface area contributed by atoms with E-state index in [2.05, 4.69) is 16.0 Å². The van der Waals surface area contributed by atoms with Gasteiger partial charge in [-0.15, -0.1) is 0 Å².